The summed E-state index contributed by atoms with van der Waals surface area (Å²) in [6.45, 7) is 0. The van der Waals surface area contributed by atoms with Crippen molar-refractivity contribution in [1.82, 2.24) is 10.3 Å². The van der Waals surface area contributed by atoms with Crippen molar-refractivity contribution in [3.63, 3.8) is 0 Å². The van der Waals surface area contributed by atoms with Gasteiger partial charge in [-0.2, -0.15) is 0 Å². The van der Waals surface area contributed by atoms with Crippen LogP contribution in [0.1, 0.15) is 43.5 Å². The summed E-state index contributed by atoms with van der Waals surface area (Å²) >= 11 is 1.69. The number of aryl methyl sites for hydroxylation is 1. The number of rotatable bonds is 4. The molecule has 1 aromatic carbocycles. The van der Waals surface area contributed by atoms with Crippen LogP contribution in [0.25, 0.3) is 10.2 Å². The van der Waals surface area contributed by atoms with Gasteiger partial charge in [-0.05, 0) is 25.0 Å². The molecular weight excluding hydrogens is 268 g/mol. The average molecular weight is 288 g/mol. The fraction of sp³-hybridized carbons (Fsp3) is 0.500. The van der Waals surface area contributed by atoms with Crippen LogP contribution in [0.15, 0.2) is 24.3 Å². The number of carbonyl (C=O) groups excluding carboxylic acids is 1. The molecule has 2 aromatic rings. The number of nitrogens with one attached hydrogen (secondary N) is 1. The molecule has 0 aliphatic heterocycles. The van der Waals surface area contributed by atoms with Crippen LogP contribution in [0.4, 0.5) is 0 Å². The van der Waals surface area contributed by atoms with Crippen molar-refractivity contribution in [2.45, 2.75) is 51.0 Å². The van der Waals surface area contributed by atoms with Gasteiger partial charge in [0, 0.05) is 18.9 Å². The van der Waals surface area contributed by atoms with E-state index in [1.807, 2.05) is 18.2 Å². The van der Waals surface area contributed by atoms with Crippen molar-refractivity contribution in [1.29, 1.82) is 0 Å². The minimum absolute atomic E-state index is 0.177. The molecule has 1 N–H and O–H groups in total. The van der Waals surface area contributed by atoms with E-state index >= 15 is 0 Å². The molecular formula is C16H20N2OS. The minimum Gasteiger partial charge on any atom is -0.353 e. The van der Waals surface area contributed by atoms with Crippen LogP contribution in [0.3, 0.4) is 0 Å². The van der Waals surface area contributed by atoms with E-state index in [9.17, 15) is 4.79 Å². The van der Waals surface area contributed by atoms with E-state index < -0.39 is 0 Å². The van der Waals surface area contributed by atoms with E-state index in [-0.39, 0.29) is 5.91 Å². The third-order valence-corrected chi connectivity index (χ3v) is 4.97. The van der Waals surface area contributed by atoms with Crippen LogP contribution in [0, 0.1) is 0 Å². The summed E-state index contributed by atoms with van der Waals surface area (Å²) in [6, 6.07) is 8.55. The second-order valence-electron chi connectivity index (χ2n) is 5.48. The lowest BCUT2D eigenvalue weighted by atomic mass is 9.95. The van der Waals surface area contributed by atoms with Gasteiger partial charge in [-0.1, -0.05) is 31.4 Å². The van der Waals surface area contributed by atoms with Crippen LogP contribution < -0.4 is 5.32 Å². The summed E-state index contributed by atoms with van der Waals surface area (Å²) in [7, 11) is 0. The molecule has 1 aliphatic carbocycles. The third-order valence-electron chi connectivity index (χ3n) is 3.87. The summed E-state index contributed by atoms with van der Waals surface area (Å²) in [4.78, 5) is 16.5. The van der Waals surface area contributed by atoms with Crippen molar-refractivity contribution in [3.8, 4) is 0 Å². The van der Waals surface area contributed by atoms with Gasteiger partial charge in [0.1, 0.15) is 0 Å². The first-order chi connectivity index (χ1) is 9.81. The molecule has 1 fully saturated rings. The predicted octanol–water partition coefficient (Wildman–Crippen LogP) is 3.68. The first-order valence-corrected chi connectivity index (χ1v) is 8.27. The number of benzene rings is 1. The molecule has 1 aromatic heterocycles. The Morgan fingerprint density at radius 3 is 2.85 bits per heavy atom. The maximum Gasteiger partial charge on any atom is 0.220 e. The molecule has 0 saturated heterocycles. The zero-order valence-corrected chi connectivity index (χ0v) is 12.4. The number of carbonyl (C=O) groups is 1. The molecule has 1 saturated carbocycles. The van der Waals surface area contributed by atoms with Gasteiger partial charge >= 0.3 is 0 Å². The lowest BCUT2D eigenvalue weighted by molar-refractivity contribution is -0.121. The van der Waals surface area contributed by atoms with Gasteiger partial charge in [0.15, 0.2) is 0 Å². The highest BCUT2D eigenvalue weighted by Gasteiger charge is 2.15. The fourth-order valence-corrected chi connectivity index (χ4v) is 3.76. The smallest absolute Gasteiger partial charge is 0.220 e. The van der Waals surface area contributed by atoms with Crippen molar-refractivity contribution in [2.75, 3.05) is 0 Å². The largest absolute Gasteiger partial charge is 0.353 e. The van der Waals surface area contributed by atoms with Crippen LogP contribution in [-0.2, 0) is 11.2 Å². The summed E-state index contributed by atoms with van der Waals surface area (Å²) < 4.78 is 1.20. The second kappa shape index (κ2) is 6.35. The predicted molar refractivity (Wildman–Crippen MR) is 83.0 cm³/mol. The first-order valence-electron chi connectivity index (χ1n) is 7.45. The Labute approximate surface area is 123 Å². The second-order valence-corrected chi connectivity index (χ2v) is 6.59. The molecule has 0 unspecified atom stereocenters. The molecule has 0 atom stereocenters. The van der Waals surface area contributed by atoms with Crippen LogP contribution >= 0.6 is 11.3 Å². The molecule has 0 radical (unpaired) electrons. The zero-order valence-electron chi connectivity index (χ0n) is 11.6. The number of hydrogen-bond donors (Lipinski definition) is 1. The number of thiazole rings is 1. The standard InChI is InChI=1S/C16H20N2OS/c19-15(17-12-6-2-1-3-7-12)10-11-16-18-13-8-4-5-9-14(13)20-16/h4-5,8-9,12H,1-3,6-7,10-11H2,(H,17,19). The molecule has 0 spiro atoms. The van der Waals surface area contributed by atoms with Crippen molar-refractivity contribution < 1.29 is 4.79 Å². The molecule has 4 heteroatoms. The van der Waals surface area contributed by atoms with Crippen molar-refractivity contribution in [2.24, 2.45) is 0 Å². The lowest BCUT2D eigenvalue weighted by Gasteiger charge is -2.22. The zero-order chi connectivity index (χ0) is 13.8. The van der Waals surface area contributed by atoms with E-state index in [2.05, 4.69) is 16.4 Å². The molecule has 3 rings (SSSR count). The summed E-state index contributed by atoms with van der Waals surface area (Å²) in [6.07, 6.45) is 7.41. The van der Waals surface area contributed by atoms with Gasteiger partial charge < -0.3 is 5.32 Å². The van der Waals surface area contributed by atoms with E-state index in [1.54, 1.807) is 11.3 Å². The number of amides is 1. The first kappa shape index (κ1) is 13.6. The number of para-hydroxylation sites is 1. The highest BCUT2D eigenvalue weighted by Crippen LogP contribution is 2.22. The maximum atomic E-state index is 12.0. The van der Waals surface area contributed by atoms with E-state index in [0.717, 1.165) is 29.8 Å². The normalized spacial score (nSPS) is 16.4. The fourth-order valence-electron chi connectivity index (χ4n) is 2.79. The molecule has 1 heterocycles. The summed E-state index contributed by atoms with van der Waals surface area (Å²) in [5.74, 6) is 0.177. The number of fused-ring (bicyclic) bond motifs is 1. The van der Waals surface area contributed by atoms with Crippen LogP contribution in [0.5, 0.6) is 0 Å². The van der Waals surface area contributed by atoms with Crippen LogP contribution in [0.2, 0.25) is 0 Å². The molecule has 0 bridgehead atoms. The van der Waals surface area contributed by atoms with Gasteiger partial charge in [0.05, 0.1) is 15.2 Å². The SMILES string of the molecule is O=C(CCc1nc2ccccc2s1)NC1CCCCC1. The van der Waals surface area contributed by atoms with Gasteiger partial charge in [-0.3, -0.25) is 4.79 Å². The molecule has 1 aliphatic rings. The minimum atomic E-state index is 0.177. The monoisotopic (exact) mass is 288 g/mol. The maximum absolute atomic E-state index is 12.0. The Hall–Kier alpha value is -1.42. The topological polar surface area (TPSA) is 42.0 Å². The molecule has 106 valence electrons. The lowest BCUT2D eigenvalue weighted by Crippen LogP contribution is -2.36. The van der Waals surface area contributed by atoms with E-state index in [4.69, 9.17) is 0 Å². The van der Waals surface area contributed by atoms with E-state index in [0.29, 0.717) is 12.5 Å². The Bertz CT molecular complexity index is 554. The molecule has 20 heavy (non-hydrogen) atoms. The average Bonchev–Trinajstić information content (AvgIpc) is 2.89. The van der Waals surface area contributed by atoms with Gasteiger partial charge in [0.25, 0.3) is 0 Å². The highest BCUT2D eigenvalue weighted by molar-refractivity contribution is 7.18. The third kappa shape index (κ3) is 3.37. The Morgan fingerprint density at radius 1 is 1.25 bits per heavy atom. The highest BCUT2D eigenvalue weighted by atomic mass is 32.1. The van der Waals surface area contributed by atoms with Gasteiger partial charge in [-0.15, -0.1) is 11.3 Å². The Kier molecular flexibility index (Phi) is 4.31. The summed E-state index contributed by atoms with van der Waals surface area (Å²) in [5.41, 5.74) is 1.04. The number of hydrogen-bond acceptors (Lipinski definition) is 3. The van der Waals surface area contributed by atoms with Gasteiger partial charge in [0.2, 0.25) is 5.91 Å². The van der Waals surface area contributed by atoms with Gasteiger partial charge in [-0.25, -0.2) is 4.98 Å². The molecule has 3 nitrogen and oxygen atoms in total. The number of nitrogens with zero attached hydrogens (tertiary/aromatic N) is 1. The number of aromatic nitrogens is 1. The van der Waals surface area contributed by atoms with Crippen molar-refractivity contribution >= 4 is 27.5 Å². The Morgan fingerprint density at radius 2 is 2.05 bits per heavy atom. The van der Waals surface area contributed by atoms with E-state index in [1.165, 1.54) is 24.0 Å². The quantitative estimate of drug-likeness (QED) is 0.932. The van der Waals surface area contributed by atoms with Crippen molar-refractivity contribution in [3.05, 3.63) is 29.3 Å². The van der Waals surface area contributed by atoms with Crippen LogP contribution in [-0.4, -0.2) is 16.9 Å². The Balaban J connectivity index is 1.51. The molecule has 1 amide bonds. The summed E-state index contributed by atoms with van der Waals surface area (Å²) in [5, 5.41) is 4.22.